The highest BCUT2D eigenvalue weighted by molar-refractivity contribution is 5.91. The normalized spacial score (nSPS) is 16.9. The molecule has 0 amide bonds. The molecule has 0 spiro atoms. The van der Waals surface area contributed by atoms with Crippen LogP contribution in [-0.4, -0.2) is 19.2 Å². The van der Waals surface area contributed by atoms with Gasteiger partial charge in [0.2, 0.25) is 0 Å². The van der Waals surface area contributed by atoms with Crippen molar-refractivity contribution in [3.8, 4) is 17.2 Å². The van der Waals surface area contributed by atoms with Crippen molar-refractivity contribution in [1.82, 2.24) is 0 Å². The lowest BCUT2D eigenvalue weighted by Gasteiger charge is -2.31. The van der Waals surface area contributed by atoms with Gasteiger partial charge in [-0.15, -0.1) is 0 Å². The van der Waals surface area contributed by atoms with Crippen LogP contribution >= 0.6 is 0 Å². The summed E-state index contributed by atoms with van der Waals surface area (Å²) in [4.78, 5) is 12.6. The fourth-order valence-corrected chi connectivity index (χ4v) is 5.94. The summed E-state index contributed by atoms with van der Waals surface area (Å²) in [5.41, 5.74) is 0.512. The van der Waals surface area contributed by atoms with E-state index in [0.717, 1.165) is 42.8 Å². The highest BCUT2D eigenvalue weighted by Crippen LogP contribution is 2.36. The Labute approximate surface area is 244 Å². The first-order chi connectivity index (χ1) is 19.7. The molecule has 40 heavy (non-hydrogen) atoms. The summed E-state index contributed by atoms with van der Waals surface area (Å²) in [6.07, 6.45) is 22.4. The molecule has 4 heteroatoms. The standard InChI is InChI=1S/C36H54O4/c1-3-5-7-9-11-16-30-17-12-13-18-31(30)19-15-29-39-34-24-26-35(27-25-34)40-36(37)32-20-22-33(23-21-32)38-28-14-10-8-6-4-2/h20-27,30-31H,3-19,28-29H2,1-2H3. The summed E-state index contributed by atoms with van der Waals surface area (Å²) >= 11 is 0. The predicted octanol–water partition coefficient (Wildman–Crippen LogP) is 10.6. The van der Waals surface area contributed by atoms with Gasteiger partial charge in [-0.3, -0.25) is 0 Å². The highest BCUT2D eigenvalue weighted by atomic mass is 16.5. The van der Waals surface area contributed by atoms with Gasteiger partial charge < -0.3 is 14.2 Å². The molecule has 2 atom stereocenters. The molecule has 1 aliphatic rings. The average molecular weight is 551 g/mol. The van der Waals surface area contributed by atoms with Gasteiger partial charge in [-0.05, 0) is 79.6 Å². The predicted molar refractivity (Wildman–Crippen MR) is 166 cm³/mol. The third kappa shape index (κ3) is 12.4. The van der Waals surface area contributed by atoms with Gasteiger partial charge in [0.1, 0.15) is 17.2 Å². The number of benzene rings is 2. The summed E-state index contributed by atoms with van der Waals surface area (Å²) in [5.74, 6) is 3.57. The van der Waals surface area contributed by atoms with Crippen LogP contribution in [0.4, 0.5) is 0 Å². The van der Waals surface area contributed by atoms with E-state index >= 15 is 0 Å². The SMILES string of the molecule is CCCCCCCOc1ccc(C(=O)Oc2ccc(OCCCC3CCCCC3CCCCCCC)cc2)cc1. The molecule has 222 valence electrons. The van der Waals surface area contributed by atoms with Gasteiger partial charge in [-0.2, -0.15) is 0 Å². The van der Waals surface area contributed by atoms with Crippen LogP contribution in [0.5, 0.6) is 17.2 Å². The molecule has 0 bridgehead atoms. The van der Waals surface area contributed by atoms with Gasteiger partial charge in [-0.25, -0.2) is 4.79 Å². The van der Waals surface area contributed by atoms with E-state index in [0.29, 0.717) is 17.9 Å². The second-order valence-corrected chi connectivity index (χ2v) is 11.6. The molecule has 0 N–H and O–H groups in total. The maximum Gasteiger partial charge on any atom is 0.343 e. The number of ether oxygens (including phenoxy) is 3. The Morgan fingerprint density at radius 2 is 1.07 bits per heavy atom. The topological polar surface area (TPSA) is 44.8 Å². The molecule has 0 aliphatic heterocycles. The van der Waals surface area contributed by atoms with Crippen molar-refractivity contribution in [3.63, 3.8) is 0 Å². The minimum atomic E-state index is -0.368. The number of rotatable bonds is 20. The van der Waals surface area contributed by atoms with Crippen LogP contribution < -0.4 is 14.2 Å². The molecule has 0 radical (unpaired) electrons. The van der Waals surface area contributed by atoms with Crippen molar-refractivity contribution in [2.45, 2.75) is 123 Å². The van der Waals surface area contributed by atoms with Crippen LogP contribution in [0, 0.1) is 11.8 Å². The maximum atomic E-state index is 12.6. The molecule has 4 nitrogen and oxygen atoms in total. The molecule has 2 aromatic rings. The Hall–Kier alpha value is -2.49. The van der Waals surface area contributed by atoms with E-state index in [2.05, 4.69) is 13.8 Å². The van der Waals surface area contributed by atoms with Crippen molar-refractivity contribution in [2.75, 3.05) is 13.2 Å². The number of hydrogen-bond acceptors (Lipinski definition) is 4. The van der Waals surface area contributed by atoms with Crippen molar-refractivity contribution >= 4 is 5.97 Å². The molecule has 0 aromatic heterocycles. The smallest absolute Gasteiger partial charge is 0.343 e. The van der Waals surface area contributed by atoms with E-state index in [1.165, 1.54) is 96.3 Å². The Kier molecular flexibility index (Phi) is 15.7. The van der Waals surface area contributed by atoms with Crippen molar-refractivity contribution in [1.29, 1.82) is 0 Å². The lowest BCUT2D eigenvalue weighted by Crippen LogP contribution is -2.20. The third-order valence-electron chi connectivity index (χ3n) is 8.37. The number of hydrogen-bond donors (Lipinski definition) is 0. The van der Waals surface area contributed by atoms with Crippen molar-refractivity contribution < 1.29 is 19.0 Å². The second kappa shape index (κ2) is 19.6. The summed E-state index contributed by atoms with van der Waals surface area (Å²) in [6.45, 7) is 5.96. The fraction of sp³-hybridized carbons (Fsp3) is 0.639. The molecule has 0 heterocycles. The number of carbonyl (C=O) groups excluding carboxylic acids is 1. The minimum absolute atomic E-state index is 0.368. The average Bonchev–Trinajstić information content (AvgIpc) is 2.98. The number of unbranched alkanes of at least 4 members (excludes halogenated alkanes) is 8. The minimum Gasteiger partial charge on any atom is -0.494 e. The number of carbonyl (C=O) groups is 1. The molecular weight excluding hydrogens is 496 g/mol. The lowest BCUT2D eigenvalue weighted by atomic mass is 9.74. The molecule has 3 rings (SSSR count). The zero-order valence-corrected chi connectivity index (χ0v) is 25.3. The maximum absolute atomic E-state index is 12.6. The van der Waals surface area contributed by atoms with Crippen LogP contribution in [0.25, 0.3) is 0 Å². The first-order valence-electron chi connectivity index (χ1n) is 16.4. The lowest BCUT2D eigenvalue weighted by molar-refractivity contribution is 0.0734. The van der Waals surface area contributed by atoms with E-state index < -0.39 is 0 Å². The zero-order valence-electron chi connectivity index (χ0n) is 25.3. The second-order valence-electron chi connectivity index (χ2n) is 11.6. The summed E-state index contributed by atoms with van der Waals surface area (Å²) < 4.78 is 17.4. The molecule has 1 saturated carbocycles. The van der Waals surface area contributed by atoms with E-state index in [1.54, 1.807) is 24.3 Å². The number of esters is 1. The van der Waals surface area contributed by atoms with Gasteiger partial charge in [0.15, 0.2) is 0 Å². The summed E-state index contributed by atoms with van der Waals surface area (Å²) in [5, 5.41) is 0. The third-order valence-corrected chi connectivity index (χ3v) is 8.37. The highest BCUT2D eigenvalue weighted by Gasteiger charge is 2.24. The van der Waals surface area contributed by atoms with Gasteiger partial charge >= 0.3 is 5.97 Å². The Morgan fingerprint density at radius 3 is 1.68 bits per heavy atom. The fourth-order valence-electron chi connectivity index (χ4n) is 5.94. The van der Waals surface area contributed by atoms with E-state index in [1.807, 2.05) is 24.3 Å². The first kappa shape index (κ1) is 32.0. The Bertz CT molecular complexity index is 921. The summed E-state index contributed by atoms with van der Waals surface area (Å²) in [6, 6.07) is 14.6. The van der Waals surface area contributed by atoms with Gasteiger partial charge in [0, 0.05) is 0 Å². The van der Waals surface area contributed by atoms with E-state index in [-0.39, 0.29) is 5.97 Å². The molecule has 2 unspecified atom stereocenters. The van der Waals surface area contributed by atoms with Crippen molar-refractivity contribution in [2.24, 2.45) is 11.8 Å². The summed E-state index contributed by atoms with van der Waals surface area (Å²) in [7, 11) is 0. The molecule has 0 saturated heterocycles. The van der Waals surface area contributed by atoms with E-state index in [4.69, 9.17) is 14.2 Å². The van der Waals surface area contributed by atoms with Crippen LogP contribution in [0.15, 0.2) is 48.5 Å². The van der Waals surface area contributed by atoms with Crippen LogP contribution in [0.3, 0.4) is 0 Å². The Balaban J connectivity index is 1.32. The van der Waals surface area contributed by atoms with Gasteiger partial charge in [0.05, 0.1) is 18.8 Å². The van der Waals surface area contributed by atoms with E-state index in [9.17, 15) is 4.79 Å². The van der Waals surface area contributed by atoms with Crippen molar-refractivity contribution in [3.05, 3.63) is 54.1 Å². The quantitative estimate of drug-likeness (QED) is 0.0934. The monoisotopic (exact) mass is 550 g/mol. The Morgan fingerprint density at radius 1 is 0.600 bits per heavy atom. The molecule has 1 aliphatic carbocycles. The first-order valence-corrected chi connectivity index (χ1v) is 16.4. The van der Waals surface area contributed by atoms with Gasteiger partial charge in [0.25, 0.3) is 0 Å². The van der Waals surface area contributed by atoms with Crippen LogP contribution in [0.1, 0.15) is 133 Å². The molecule has 2 aromatic carbocycles. The van der Waals surface area contributed by atoms with Gasteiger partial charge in [-0.1, -0.05) is 104 Å². The molecule has 1 fully saturated rings. The largest absolute Gasteiger partial charge is 0.494 e. The molecular formula is C36H54O4. The van der Waals surface area contributed by atoms with Crippen LogP contribution in [0.2, 0.25) is 0 Å². The zero-order chi connectivity index (χ0) is 28.3. The van der Waals surface area contributed by atoms with Crippen LogP contribution in [-0.2, 0) is 0 Å².